The van der Waals surface area contributed by atoms with E-state index in [1.165, 1.54) is 10.6 Å². The second-order valence-electron chi connectivity index (χ2n) is 9.84. The molecule has 2 N–H and O–H groups in total. The first-order valence-electron chi connectivity index (χ1n) is 13.2. The molecule has 41 heavy (non-hydrogen) atoms. The summed E-state index contributed by atoms with van der Waals surface area (Å²) in [5.41, 5.74) is 7.57. The Bertz CT molecular complexity index is 1560. The Labute approximate surface area is 240 Å². The van der Waals surface area contributed by atoms with E-state index in [4.69, 9.17) is 4.74 Å². The van der Waals surface area contributed by atoms with Gasteiger partial charge in [-0.05, 0) is 61.1 Å². The maximum Gasteiger partial charge on any atom is 0.236 e. The van der Waals surface area contributed by atoms with Gasteiger partial charge in [0, 0.05) is 56.9 Å². The quantitative estimate of drug-likeness (QED) is 0.291. The Hall–Kier alpha value is -4.10. The molecule has 1 aliphatic heterocycles. The Morgan fingerprint density at radius 2 is 1.73 bits per heavy atom. The van der Waals surface area contributed by atoms with Gasteiger partial charge < -0.3 is 15.0 Å². The van der Waals surface area contributed by atoms with Crippen LogP contribution in [0.25, 0.3) is 11.3 Å². The lowest BCUT2D eigenvalue weighted by atomic mass is 10.2. The van der Waals surface area contributed by atoms with E-state index in [2.05, 4.69) is 42.7 Å². The predicted octanol–water partition coefficient (Wildman–Crippen LogP) is 3.64. The molecule has 0 amide bonds. The predicted molar refractivity (Wildman–Crippen MR) is 161 cm³/mol. The van der Waals surface area contributed by atoms with Crippen molar-refractivity contribution < 1.29 is 13.2 Å². The maximum atomic E-state index is 13.0. The van der Waals surface area contributed by atoms with E-state index >= 15 is 0 Å². The van der Waals surface area contributed by atoms with Crippen molar-refractivity contribution in [2.45, 2.75) is 6.54 Å². The first kappa shape index (κ1) is 28.4. The van der Waals surface area contributed by atoms with Gasteiger partial charge in [0.25, 0.3) is 0 Å². The maximum absolute atomic E-state index is 13.0. The molecule has 0 unspecified atom stereocenters. The van der Waals surface area contributed by atoms with Crippen molar-refractivity contribution in [3.8, 4) is 17.0 Å². The number of nitrogens with one attached hydrogen (secondary N) is 2. The van der Waals surface area contributed by atoms with Crippen LogP contribution >= 0.6 is 0 Å². The second kappa shape index (κ2) is 12.6. The zero-order valence-corrected chi connectivity index (χ0v) is 24.2. The van der Waals surface area contributed by atoms with Gasteiger partial charge in [-0.15, -0.1) is 0 Å². The monoisotopic (exact) mass is 574 g/mol. The van der Waals surface area contributed by atoms with Crippen molar-refractivity contribution in [1.82, 2.24) is 30.3 Å². The van der Waals surface area contributed by atoms with Crippen LogP contribution in [0.2, 0.25) is 0 Å². The number of hydrazine groups is 1. The molecule has 11 nitrogen and oxygen atoms in total. The summed E-state index contributed by atoms with van der Waals surface area (Å²) in [6.45, 7) is 4.63. The zero-order chi connectivity index (χ0) is 28.8. The first-order chi connectivity index (χ1) is 19.8. The average Bonchev–Trinajstić information content (AvgIpc) is 2.98. The molecule has 1 fully saturated rings. The molecular formula is C29H34N8O3S. The first-order valence-corrected chi connectivity index (χ1v) is 15.1. The number of hydrogen-bond acceptors (Lipinski definition) is 10. The van der Waals surface area contributed by atoms with Crippen molar-refractivity contribution >= 4 is 33.0 Å². The molecule has 0 saturated carbocycles. The highest BCUT2D eigenvalue weighted by Crippen LogP contribution is 2.36. The minimum Gasteiger partial charge on any atom is -0.495 e. The summed E-state index contributed by atoms with van der Waals surface area (Å²) in [6.07, 6.45) is 6.27. The van der Waals surface area contributed by atoms with Gasteiger partial charge in [-0.3, -0.25) is 10.4 Å². The summed E-state index contributed by atoms with van der Waals surface area (Å²) in [5, 5.41) is 5.41. The molecule has 0 radical (unpaired) electrons. The van der Waals surface area contributed by atoms with Crippen LogP contribution in [0, 0.1) is 0 Å². The number of likely N-dealkylation sites (N-methyl/N-ethyl adjacent to an activating group) is 1. The summed E-state index contributed by atoms with van der Waals surface area (Å²) < 4.78 is 32.9. The van der Waals surface area contributed by atoms with E-state index in [0.29, 0.717) is 41.0 Å². The number of piperazine rings is 1. The molecule has 12 heteroatoms. The fourth-order valence-corrected chi connectivity index (χ4v) is 5.58. The van der Waals surface area contributed by atoms with Gasteiger partial charge in [0.1, 0.15) is 5.75 Å². The Kier molecular flexibility index (Phi) is 8.74. The van der Waals surface area contributed by atoms with Gasteiger partial charge in [0.05, 0.1) is 36.1 Å². The third kappa shape index (κ3) is 7.16. The van der Waals surface area contributed by atoms with Crippen LogP contribution in [0.5, 0.6) is 5.75 Å². The number of benzene rings is 2. The third-order valence-electron chi connectivity index (χ3n) is 6.79. The number of ether oxygens (including phenoxy) is 1. The Morgan fingerprint density at radius 3 is 2.41 bits per heavy atom. The Balaban J connectivity index is 1.37. The Morgan fingerprint density at radius 1 is 0.976 bits per heavy atom. The SMILES string of the molecule is COc1ccc(N(c2ccc(CNN3CCN(C)CC3)cc2)S(C)(=O)=O)cc1Nc1nccc(-c2cccnc2)n1. The lowest BCUT2D eigenvalue weighted by molar-refractivity contribution is 0.102. The fourth-order valence-electron chi connectivity index (χ4n) is 4.58. The lowest BCUT2D eigenvalue weighted by Crippen LogP contribution is -2.50. The highest BCUT2D eigenvalue weighted by atomic mass is 32.2. The van der Waals surface area contributed by atoms with Crippen LogP contribution in [0.4, 0.5) is 23.0 Å². The number of aromatic nitrogens is 3. The van der Waals surface area contributed by atoms with Crippen molar-refractivity contribution in [1.29, 1.82) is 0 Å². The van der Waals surface area contributed by atoms with E-state index < -0.39 is 10.0 Å². The molecule has 0 atom stereocenters. The molecule has 0 spiro atoms. The van der Waals surface area contributed by atoms with Gasteiger partial charge in [-0.1, -0.05) is 12.1 Å². The third-order valence-corrected chi connectivity index (χ3v) is 7.87. The summed E-state index contributed by atoms with van der Waals surface area (Å²) in [7, 11) is 0.00508. The van der Waals surface area contributed by atoms with E-state index in [-0.39, 0.29) is 0 Å². The van der Waals surface area contributed by atoms with E-state index in [0.717, 1.165) is 37.3 Å². The molecule has 5 rings (SSSR count). The van der Waals surface area contributed by atoms with Gasteiger partial charge in [0.15, 0.2) is 0 Å². The van der Waals surface area contributed by atoms with Gasteiger partial charge >= 0.3 is 0 Å². The summed E-state index contributed by atoms with van der Waals surface area (Å²) in [5.74, 6) is 0.854. The molecular weight excluding hydrogens is 540 g/mol. The van der Waals surface area contributed by atoms with Crippen molar-refractivity contribution in [2.24, 2.45) is 0 Å². The molecule has 3 heterocycles. The van der Waals surface area contributed by atoms with E-state index in [9.17, 15) is 8.42 Å². The lowest BCUT2D eigenvalue weighted by Gasteiger charge is -2.32. The summed E-state index contributed by atoms with van der Waals surface area (Å²) in [4.78, 5) is 15.4. The van der Waals surface area contributed by atoms with Crippen LogP contribution < -0.4 is 19.8 Å². The van der Waals surface area contributed by atoms with Crippen molar-refractivity contribution in [3.05, 3.63) is 84.8 Å². The number of anilines is 4. The number of methoxy groups -OCH3 is 1. The minimum atomic E-state index is -3.67. The van der Waals surface area contributed by atoms with E-state index in [1.54, 1.807) is 50.0 Å². The molecule has 214 valence electrons. The molecule has 4 aromatic rings. The topological polar surface area (TPSA) is 116 Å². The smallest absolute Gasteiger partial charge is 0.236 e. The van der Waals surface area contributed by atoms with Crippen LogP contribution in [0.1, 0.15) is 5.56 Å². The highest BCUT2D eigenvalue weighted by molar-refractivity contribution is 7.92. The molecule has 2 aromatic carbocycles. The van der Waals surface area contributed by atoms with Crippen molar-refractivity contribution in [3.63, 3.8) is 0 Å². The van der Waals surface area contributed by atoms with Crippen LogP contribution in [-0.2, 0) is 16.6 Å². The number of nitrogens with zero attached hydrogens (tertiary/aromatic N) is 6. The largest absolute Gasteiger partial charge is 0.495 e. The van der Waals surface area contributed by atoms with E-state index in [1.807, 2.05) is 36.4 Å². The summed E-state index contributed by atoms with van der Waals surface area (Å²) >= 11 is 0. The van der Waals surface area contributed by atoms with Crippen LogP contribution in [0.3, 0.4) is 0 Å². The fraction of sp³-hybridized carbons (Fsp3) is 0.276. The molecule has 2 aromatic heterocycles. The number of sulfonamides is 1. The average molecular weight is 575 g/mol. The molecule has 1 saturated heterocycles. The van der Waals surface area contributed by atoms with Crippen LogP contribution in [-0.4, -0.2) is 79.9 Å². The number of pyridine rings is 1. The zero-order valence-electron chi connectivity index (χ0n) is 23.4. The summed E-state index contributed by atoms with van der Waals surface area (Å²) in [6, 6.07) is 18.2. The molecule has 0 bridgehead atoms. The second-order valence-corrected chi connectivity index (χ2v) is 11.7. The normalized spacial score (nSPS) is 14.5. The highest BCUT2D eigenvalue weighted by Gasteiger charge is 2.22. The van der Waals surface area contributed by atoms with Gasteiger partial charge in [-0.25, -0.2) is 27.7 Å². The van der Waals surface area contributed by atoms with Crippen LogP contribution in [0.15, 0.2) is 79.3 Å². The number of rotatable bonds is 10. The number of hydrogen-bond donors (Lipinski definition) is 2. The van der Waals surface area contributed by atoms with Gasteiger partial charge in [-0.2, -0.15) is 0 Å². The molecule has 0 aliphatic carbocycles. The molecule has 1 aliphatic rings. The van der Waals surface area contributed by atoms with Crippen molar-refractivity contribution in [2.75, 3.05) is 56.2 Å². The standard InChI is InChI=1S/C29H34N8O3S/c1-35-15-17-36(18-16-35)32-20-22-6-8-24(9-7-22)37(41(3,38)39)25-10-11-28(40-2)27(19-25)34-29-31-14-12-26(33-29)23-5-4-13-30-21-23/h4-14,19,21,32H,15-18,20H2,1-3H3,(H,31,33,34). The minimum absolute atomic E-state index is 0.338. The van der Waals surface area contributed by atoms with Gasteiger partial charge in [0.2, 0.25) is 16.0 Å².